The van der Waals surface area contributed by atoms with Crippen LogP contribution in [0.2, 0.25) is 0 Å². The van der Waals surface area contributed by atoms with E-state index in [0.717, 1.165) is 19.1 Å². The topological polar surface area (TPSA) is 78.4 Å². The molecule has 0 aliphatic carbocycles. The highest BCUT2D eigenvalue weighted by molar-refractivity contribution is 5.97. The fourth-order valence-corrected chi connectivity index (χ4v) is 1.55. The molecule has 0 aliphatic heterocycles. The molecule has 0 saturated carbocycles. The molecule has 0 bridgehead atoms. The Morgan fingerprint density at radius 2 is 1.90 bits per heavy atom. The Hall–Kier alpha value is -2.09. The molecule has 0 saturated heterocycles. The van der Waals surface area contributed by atoms with Crippen LogP contribution in [0.5, 0.6) is 0 Å². The lowest BCUT2D eigenvalue weighted by Crippen LogP contribution is -2.35. The highest BCUT2D eigenvalue weighted by Crippen LogP contribution is 2.32. The van der Waals surface area contributed by atoms with Gasteiger partial charge in [0.2, 0.25) is 5.91 Å². The van der Waals surface area contributed by atoms with Gasteiger partial charge < -0.3 is 15.7 Å². The van der Waals surface area contributed by atoms with Gasteiger partial charge in [0.15, 0.2) is 0 Å². The molecule has 1 atom stereocenters. The second-order valence-electron chi connectivity index (χ2n) is 4.54. The maximum Gasteiger partial charge on any atom is 0.416 e. The fourth-order valence-electron chi connectivity index (χ4n) is 1.55. The number of rotatable bonds is 4. The van der Waals surface area contributed by atoms with E-state index in [2.05, 4.69) is 10.6 Å². The number of benzene rings is 1. The van der Waals surface area contributed by atoms with Gasteiger partial charge in [0.05, 0.1) is 12.2 Å². The third-order valence-corrected chi connectivity index (χ3v) is 2.49. The van der Waals surface area contributed by atoms with E-state index in [0.29, 0.717) is 6.07 Å². The van der Waals surface area contributed by atoms with Crippen molar-refractivity contribution in [3.05, 3.63) is 29.3 Å². The number of alkyl halides is 3. The summed E-state index contributed by atoms with van der Waals surface area (Å²) < 4.78 is 38.4. The van der Waals surface area contributed by atoms with Gasteiger partial charge in [-0.1, -0.05) is 0 Å². The first-order valence-corrected chi connectivity index (χ1v) is 6.05. The average molecular weight is 304 g/mol. The van der Waals surface area contributed by atoms with E-state index in [1.54, 1.807) is 0 Å². The second-order valence-corrected chi connectivity index (χ2v) is 4.54. The number of aliphatic hydroxyl groups is 1. The first-order valence-electron chi connectivity index (χ1n) is 6.05. The highest BCUT2D eigenvalue weighted by atomic mass is 19.4. The molecule has 0 aromatic heterocycles. The minimum absolute atomic E-state index is 0.126. The molecule has 3 N–H and O–H groups in total. The maximum absolute atomic E-state index is 12.8. The lowest BCUT2D eigenvalue weighted by atomic mass is 10.1. The Labute approximate surface area is 119 Å². The number of aliphatic hydroxyl groups excluding tert-OH is 1. The Balaban J connectivity index is 3.18. The monoisotopic (exact) mass is 304 g/mol. The summed E-state index contributed by atoms with van der Waals surface area (Å²) in [5, 5.41) is 13.4. The molecular formula is C13H15F3N2O3. The summed E-state index contributed by atoms with van der Waals surface area (Å²) in [6.45, 7) is 2.30. The quantitative estimate of drug-likeness (QED) is 0.793. The van der Waals surface area contributed by atoms with E-state index in [-0.39, 0.29) is 17.9 Å². The van der Waals surface area contributed by atoms with E-state index >= 15 is 0 Å². The number of amides is 2. The zero-order chi connectivity index (χ0) is 16.2. The number of carbonyl (C=O) groups is 2. The first-order chi connectivity index (χ1) is 9.63. The zero-order valence-corrected chi connectivity index (χ0v) is 11.4. The number of anilines is 1. The van der Waals surface area contributed by atoms with Gasteiger partial charge >= 0.3 is 6.18 Å². The minimum atomic E-state index is -4.65. The van der Waals surface area contributed by atoms with Crippen molar-refractivity contribution >= 4 is 17.5 Å². The van der Waals surface area contributed by atoms with Crippen molar-refractivity contribution in [3.8, 4) is 0 Å². The molecule has 21 heavy (non-hydrogen) atoms. The standard InChI is InChI=1S/C13H15F3N2O3/c1-7(6-19)17-12(21)9-3-10(13(14,15)16)5-11(4-9)18-8(2)20/h3-5,7,19H,6H2,1-2H3,(H,17,21)(H,18,20). The molecule has 0 radical (unpaired) electrons. The summed E-state index contributed by atoms with van der Waals surface area (Å²) in [7, 11) is 0. The Morgan fingerprint density at radius 3 is 2.38 bits per heavy atom. The van der Waals surface area contributed by atoms with Gasteiger partial charge in [-0.2, -0.15) is 13.2 Å². The van der Waals surface area contributed by atoms with Gasteiger partial charge in [-0.3, -0.25) is 9.59 Å². The largest absolute Gasteiger partial charge is 0.416 e. The molecule has 0 heterocycles. The van der Waals surface area contributed by atoms with Crippen LogP contribution in [0.4, 0.5) is 18.9 Å². The lowest BCUT2D eigenvalue weighted by molar-refractivity contribution is -0.137. The summed E-state index contributed by atoms with van der Waals surface area (Å²) in [5.41, 5.74) is -1.43. The molecule has 0 aliphatic rings. The van der Waals surface area contributed by atoms with Crippen molar-refractivity contribution in [1.82, 2.24) is 5.32 Å². The number of nitrogens with one attached hydrogen (secondary N) is 2. The van der Waals surface area contributed by atoms with Gasteiger partial charge in [0.25, 0.3) is 5.91 Å². The van der Waals surface area contributed by atoms with E-state index in [1.165, 1.54) is 6.92 Å². The van der Waals surface area contributed by atoms with Gasteiger partial charge in [-0.25, -0.2) is 0 Å². The first kappa shape index (κ1) is 17.0. The van der Waals surface area contributed by atoms with E-state index < -0.39 is 29.6 Å². The van der Waals surface area contributed by atoms with E-state index in [4.69, 9.17) is 5.11 Å². The third-order valence-electron chi connectivity index (χ3n) is 2.49. The summed E-state index contributed by atoms with van der Waals surface area (Å²) in [5.74, 6) is -1.32. The lowest BCUT2D eigenvalue weighted by Gasteiger charge is -2.14. The van der Waals surface area contributed by atoms with Crippen molar-refractivity contribution in [1.29, 1.82) is 0 Å². The molecule has 1 aromatic carbocycles. The third kappa shape index (κ3) is 5.07. The molecular weight excluding hydrogens is 289 g/mol. The smallest absolute Gasteiger partial charge is 0.394 e. The zero-order valence-electron chi connectivity index (χ0n) is 11.4. The Morgan fingerprint density at radius 1 is 1.29 bits per heavy atom. The molecule has 1 rings (SSSR count). The molecule has 116 valence electrons. The summed E-state index contributed by atoms with van der Waals surface area (Å²) in [6.07, 6.45) is -4.65. The van der Waals surface area contributed by atoms with Gasteiger partial charge in [0, 0.05) is 24.2 Å². The predicted octanol–water partition coefficient (Wildman–Crippen LogP) is 1.77. The summed E-state index contributed by atoms with van der Waals surface area (Å²) in [4.78, 5) is 22.8. The Bertz CT molecular complexity index is 544. The minimum Gasteiger partial charge on any atom is -0.394 e. The van der Waals surface area contributed by atoms with Crippen molar-refractivity contribution in [2.24, 2.45) is 0 Å². The molecule has 0 fully saturated rings. The van der Waals surface area contributed by atoms with Crippen LogP contribution in [0.15, 0.2) is 18.2 Å². The van der Waals surface area contributed by atoms with Gasteiger partial charge in [0.1, 0.15) is 0 Å². The molecule has 1 unspecified atom stereocenters. The second kappa shape index (κ2) is 6.57. The van der Waals surface area contributed by atoms with Crippen molar-refractivity contribution < 1.29 is 27.9 Å². The summed E-state index contributed by atoms with van der Waals surface area (Å²) in [6, 6.07) is 1.96. The molecule has 8 heteroatoms. The fraction of sp³-hybridized carbons (Fsp3) is 0.385. The highest BCUT2D eigenvalue weighted by Gasteiger charge is 2.32. The van der Waals surface area contributed by atoms with Crippen LogP contribution in [0.3, 0.4) is 0 Å². The number of hydrogen-bond acceptors (Lipinski definition) is 3. The van der Waals surface area contributed by atoms with Crippen LogP contribution >= 0.6 is 0 Å². The van der Waals surface area contributed by atoms with Crippen LogP contribution in [-0.2, 0) is 11.0 Å². The maximum atomic E-state index is 12.8. The molecule has 2 amide bonds. The molecule has 1 aromatic rings. The van der Waals surface area contributed by atoms with Crippen LogP contribution < -0.4 is 10.6 Å². The van der Waals surface area contributed by atoms with Gasteiger partial charge in [-0.05, 0) is 25.1 Å². The van der Waals surface area contributed by atoms with Crippen LogP contribution in [-0.4, -0.2) is 29.6 Å². The Kier molecular flexibility index (Phi) is 5.31. The van der Waals surface area contributed by atoms with Crippen molar-refractivity contribution in [3.63, 3.8) is 0 Å². The predicted molar refractivity (Wildman–Crippen MR) is 69.8 cm³/mol. The van der Waals surface area contributed by atoms with E-state index in [9.17, 15) is 22.8 Å². The molecule has 5 nitrogen and oxygen atoms in total. The van der Waals surface area contributed by atoms with Gasteiger partial charge in [-0.15, -0.1) is 0 Å². The summed E-state index contributed by atoms with van der Waals surface area (Å²) >= 11 is 0. The average Bonchev–Trinajstić information content (AvgIpc) is 2.36. The van der Waals surface area contributed by atoms with Crippen molar-refractivity contribution in [2.45, 2.75) is 26.1 Å². The van der Waals surface area contributed by atoms with Crippen LogP contribution in [0.1, 0.15) is 29.8 Å². The van der Waals surface area contributed by atoms with Crippen molar-refractivity contribution in [2.75, 3.05) is 11.9 Å². The van der Waals surface area contributed by atoms with Crippen LogP contribution in [0.25, 0.3) is 0 Å². The van der Waals surface area contributed by atoms with E-state index in [1.807, 2.05) is 0 Å². The normalized spacial score (nSPS) is 12.7. The van der Waals surface area contributed by atoms with Crippen LogP contribution in [0, 0.1) is 0 Å². The number of hydrogen-bond donors (Lipinski definition) is 3. The molecule has 0 spiro atoms. The SMILES string of the molecule is CC(=O)Nc1cc(C(=O)NC(C)CO)cc(C(F)(F)F)c1. The number of halogens is 3. The number of carbonyl (C=O) groups excluding carboxylic acids is 2.